The maximum atomic E-state index is 6.31. The van der Waals surface area contributed by atoms with Crippen LogP contribution in [0.1, 0.15) is 24.5 Å². The summed E-state index contributed by atoms with van der Waals surface area (Å²) >= 11 is 9.81. The summed E-state index contributed by atoms with van der Waals surface area (Å²) in [5.41, 5.74) is 8.27. The number of hydrogen-bond donors (Lipinski definition) is 1. The van der Waals surface area contributed by atoms with Gasteiger partial charge in [-0.3, -0.25) is 0 Å². The number of halogens is 2. The molecule has 112 valence electrons. The summed E-state index contributed by atoms with van der Waals surface area (Å²) in [6, 6.07) is 11.9. The Balaban J connectivity index is 2.17. The van der Waals surface area contributed by atoms with Gasteiger partial charge in [0.05, 0.1) is 9.50 Å². The standard InChI is InChI=1S/C17H19BrClNO/c1-3-13(20)9-12-5-7-17(15(19)10-12)21-16-6-4-11(2)8-14(16)18/h4-8,10,13H,3,9,20H2,1-2H3. The third-order valence-electron chi connectivity index (χ3n) is 3.33. The van der Waals surface area contributed by atoms with E-state index < -0.39 is 0 Å². The van der Waals surface area contributed by atoms with Gasteiger partial charge in [-0.15, -0.1) is 0 Å². The lowest BCUT2D eigenvalue weighted by atomic mass is 10.0. The molecule has 0 amide bonds. The third kappa shape index (κ3) is 4.47. The molecular weight excluding hydrogens is 350 g/mol. The van der Waals surface area contributed by atoms with Gasteiger partial charge in [-0.25, -0.2) is 0 Å². The fourth-order valence-electron chi connectivity index (χ4n) is 2.01. The molecule has 2 aromatic carbocycles. The van der Waals surface area contributed by atoms with E-state index in [9.17, 15) is 0 Å². The highest BCUT2D eigenvalue weighted by Gasteiger charge is 2.09. The average molecular weight is 369 g/mol. The van der Waals surface area contributed by atoms with Crippen molar-refractivity contribution in [2.24, 2.45) is 5.73 Å². The molecule has 1 unspecified atom stereocenters. The van der Waals surface area contributed by atoms with Gasteiger partial charge in [0, 0.05) is 6.04 Å². The molecule has 2 aromatic rings. The summed E-state index contributed by atoms with van der Waals surface area (Å²) in [5, 5.41) is 0.600. The highest BCUT2D eigenvalue weighted by atomic mass is 79.9. The van der Waals surface area contributed by atoms with Crippen LogP contribution in [0.15, 0.2) is 40.9 Å². The molecular formula is C17H19BrClNO. The van der Waals surface area contributed by atoms with Gasteiger partial charge in [0.15, 0.2) is 0 Å². The molecule has 0 heterocycles. The summed E-state index contributed by atoms with van der Waals surface area (Å²) in [6.07, 6.45) is 1.77. The number of hydrogen-bond acceptors (Lipinski definition) is 2. The molecule has 1 atom stereocenters. The van der Waals surface area contributed by atoms with Crippen molar-refractivity contribution in [2.45, 2.75) is 32.7 Å². The molecule has 0 bridgehead atoms. The predicted octanol–water partition coefficient (Wildman–Crippen LogP) is 5.48. The molecule has 2 rings (SSSR count). The largest absolute Gasteiger partial charge is 0.455 e. The number of nitrogens with two attached hydrogens (primary N) is 1. The van der Waals surface area contributed by atoms with Crippen LogP contribution < -0.4 is 10.5 Å². The minimum Gasteiger partial charge on any atom is -0.455 e. The van der Waals surface area contributed by atoms with E-state index in [0.29, 0.717) is 10.8 Å². The van der Waals surface area contributed by atoms with Crippen molar-refractivity contribution in [1.82, 2.24) is 0 Å². The van der Waals surface area contributed by atoms with Gasteiger partial charge in [0.25, 0.3) is 0 Å². The van der Waals surface area contributed by atoms with Crippen LogP contribution >= 0.6 is 27.5 Å². The van der Waals surface area contributed by atoms with Crippen molar-refractivity contribution >= 4 is 27.5 Å². The Labute approximate surface area is 139 Å². The molecule has 0 saturated carbocycles. The van der Waals surface area contributed by atoms with Crippen molar-refractivity contribution < 1.29 is 4.74 Å². The van der Waals surface area contributed by atoms with Crippen molar-refractivity contribution in [3.8, 4) is 11.5 Å². The van der Waals surface area contributed by atoms with Gasteiger partial charge in [-0.05, 0) is 71.1 Å². The molecule has 0 aliphatic carbocycles. The van der Waals surface area contributed by atoms with Gasteiger partial charge in [0.1, 0.15) is 11.5 Å². The topological polar surface area (TPSA) is 35.2 Å². The van der Waals surface area contributed by atoms with E-state index in [1.165, 1.54) is 5.56 Å². The normalized spacial score (nSPS) is 12.2. The Bertz CT molecular complexity index is 630. The molecule has 2 N–H and O–H groups in total. The molecule has 0 aliphatic rings. The lowest BCUT2D eigenvalue weighted by molar-refractivity contribution is 0.479. The first kappa shape index (κ1) is 16.3. The lowest BCUT2D eigenvalue weighted by Gasteiger charge is -2.13. The minimum absolute atomic E-state index is 0.166. The molecule has 0 radical (unpaired) electrons. The molecule has 0 fully saturated rings. The molecule has 0 saturated heterocycles. The first-order chi connectivity index (χ1) is 9.99. The lowest BCUT2D eigenvalue weighted by Crippen LogP contribution is -2.21. The quantitative estimate of drug-likeness (QED) is 0.758. The zero-order valence-electron chi connectivity index (χ0n) is 12.2. The van der Waals surface area contributed by atoms with Crippen LogP contribution in [0.4, 0.5) is 0 Å². The Hall–Kier alpha value is -1.03. The number of ether oxygens (including phenoxy) is 1. The summed E-state index contributed by atoms with van der Waals surface area (Å²) in [5.74, 6) is 1.40. The fourth-order valence-corrected chi connectivity index (χ4v) is 2.82. The van der Waals surface area contributed by atoms with Crippen molar-refractivity contribution in [3.05, 3.63) is 57.0 Å². The van der Waals surface area contributed by atoms with Crippen LogP contribution in [0, 0.1) is 6.92 Å². The maximum absolute atomic E-state index is 6.31. The highest BCUT2D eigenvalue weighted by molar-refractivity contribution is 9.10. The van der Waals surface area contributed by atoms with E-state index in [4.69, 9.17) is 22.1 Å². The van der Waals surface area contributed by atoms with Crippen molar-refractivity contribution in [1.29, 1.82) is 0 Å². The van der Waals surface area contributed by atoms with Crippen molar-refractivity contribution in [3.63, 3.8) is 0 Å². The first-order valence-corrected chi connectivity index (χ1v) is 8.14. The molecule has 0 aliphatic heterocycles. The van der Waals surface area contributed by atoms with Gasteiger partial charge in [-0.2, -0.15) is 0 Å². The number of benzene rings is 2. The minimum atomic E-state index is 0.166. The smallest absolute Gasteiger partial charge is 0.146 e. The zero-order valence-corrected chi connectivity index (χ0v) is 14.5. The van der Waals surface area contributed by atoms with Gasteiger partial charge >= 0.3 is 0 Å². The van der Waals surface area contributed by atoms with Gasteiger partial charge in [0.2, 0.25) is 0 Å². The zero-order chi connectivity index (χ0) is 15.4. The second kappa shape index (κ2) is 7.30. The number of rotatable bonds is 5. The average Bonchev–Trinajstić information content (AvgIpc) is 2.44. The van der Waals surface area contributed by atoms with E-state index in [1.54, 1.807) is 0 Å². The Morgan fingerprint density at radius 1 is 1.19 bits per heavy atom. The summed E-state index contributed by atoms with van der Waals surface area (Å²) in [7, 11) is 0. The summed E-state index contributed by atoms with van der Waals surface area (Å²) in [6.45, 7) is 4.12. The van der Waals surface area contributed by atoms with Crippen LogP contribution in [-0.4, -0.2) is 6.04 Å². The molecule has 0 spiro atoms. The monoisotopic (exact) mass is 367 g/mol. The fraction of sp³-hybridized carbons (Fsp3) is 0.294. The van der Waals surface area contributed by atoms with Gasteiger partial charge < -0.3 is 10.5 Å². The second-order valence-corrected chi connectivity index (χ2v) is 6.43. The van der Waals surface area contributed by atoms with E-state index >= 15 is 0 Å². The van der Waals surface area contributed by atoms with Crippen LogP contribution in [0.5, 0.6) is 11.5 Å². The van der Waals surface area contributed by atoms with E-state index in [1.807, 2.05) is 43.3 Å². The number of aryl methyl sites for hydroxylation is 1. The SMILES string of the molecule is CCC(N)Cc1ccc(Oc2ccc(C)cc2Br)c(Cl)c1. The summed E-state index contributed by atoms with van der Waals surface area (Å²) in [4.78, 5) is 0. The maximum Gasteiger partial charge on any atom is 0.146 e. The molecule has 21 heavy (non-hydrogen) atoms. The van der Waals surface area contributed by atoms with Crippen LogP contribution in [0.25, 0.3) is 0 Å². The first-order valence-electron chi connectivity index (χ1n) is 6.97. The third-order valence-corrected chi connectivity index (χ3v) is 4.24. The van der Waals surface area contributed by atoms with E-state index in [2.05, 4.69) is 22.9 Å². The van der Waals surface area contributed by atoms with Crippen molar-refractivity contribution in [2.75, 3.05) is 0 Å². The Kier molecular flexibility index (Phi) is 5.68. The van der Waals surface area contributed by atoms with Crippen LogP contribution in [-0.2, 0) is 6.42 Å². The molecule has 2 nitrogen and oxygen atoms in total. The molecule has 4 heteroatoms. The highest BCUT2D eigenvalue weighted by Crippen LogP contribution is 2.34. The van der Waals surface area contributed by atoms with Crippen LogP contribution in [0.3, 0.4) is 0 Å². The molecule has 0 aromatic heterocycles. The van der Waals surface area contributed by atoms with Gasteiger partial charge in [-0.1, -0.05) is 30.7 Å². The van der Waals surface area contributed by atoms with Crippen LogP contribution in [0.2, 0.25) is 5.02 Å². The summed E-state index contributed by atoms with van der Waals surface area (Å²) < 4.78 is 6.78. The van der Waals surface area contributed by atoms with E-state index in [-0.39, 0.29) is 6.04 Å². The van der Waals surface area contributed by atoms with E-state index in [0.717, 1.165) is 28.6 Å². The predicted molar refractivity (Wildman–Crippen MR) is 92.4 cm³/mol. The second-order valence-electron chi connectivity index (χ2n) is 5.17. The Morgan fingerprint density at radius 2 is 1.90 bits per heavy atom. The Morgan fingerprint density at radius 3 is 2.52 bits per heavy atom.